The van der Waals surface area contributed by atoms with E-state index in [1.54, 1.807) is 12.4 Å². The third kappa shape index (κ3) is 22.4. The van der Waals surface area contributed by atoms with E-state index in [9.17, 15) is 0 Å². The molecule has 0 amide bonds. The van der Waals surface area contributed by atoms with Crippen LogP contribution in [0.25, 0.3) is 57.9 Å². The first kappa shape index (κ1) is 69.3. The summed E-state index contributed by atoms with van der Waals surface area (Å²) in [6.07, 6.45) is 30.0. The van der Waals surface area contributed by atoms with Gasteiger partial charge in [-0.25, -0.2) is 0 Å². The van der Waals surface area contributed by atoms with Crippen LogP contribution < -0.4 is 9.80 Å². The van der Waals surface area contributed by atoms with Crippen molar-refractivity contribution in [3.8, 4) is 22.8 Å². The molecule has 4 aromatic heterocycles. The number of aryl methyl sites for hydroxylation is 4. The molecule has 0 spiro atoms. The number of isothiocyanates is 2. The van der Waals surface area contributed by atoms with Gasteiger partial charge in [0.05, 0.1) is 22.8 Å². The van der Waals surface area contributed by atoms with Crippen molar-refractivity contribution in [2.45, 2.75) is 105 Å². The summed E-state index contributed by atoms with van der Waals surface area (Å²) < 4.78 is 0. The zero-order valence-electron chi connectivity index (χ0n) is 51.5. The molecular weight excluding hydrogens is 1210 g/mol. The van der Waals surface area contributed by atoms with Gasteiger partial charge in [-0.1, -0.05) is 187 Å². The Morgan fingerprint density at radius 3 is 0.820 bits per heavy atom. The molecule has 0 fully saturated rings. The predicted octanol–water partition coefficient (Wildman–Crippen LogP) is 22.3. The third-order valence-corrected chi connectivity index (χ3v) is 14.7. The molecule has 0 atom stereocenters. The quantitative estimate of drug-likeness (QED) is 0.0335. The van der Waals surface area contributed by atoms with E-state index in [4.69, 9.17) is 20.8 Å². The van der Waals surface area contributed by atoms with Crippen molar-refractivity contribution in [1.82, 2.24) is 19.9 Å². The van der Waals surface area contributed by atoms with Gasteiger partial charge in [0, 0.05) is 58.9 Å². The van der Waals surface area contributed by atoms with E-state index in [0.29, 0.717) is 0 Å². The second-order valence-corrected chi connectivity index (χ2v) is 21.5. The molecule has 0 saturated carbocycles. The molecule has 8 nitrogen and oxygen atoms in total. The summed E-state index contributed by atoms with van der Waals surface area (Å²) in [5.74, 6) is 0. The summed E-state index contributed by atoms with van der Waals surface area (Å²) in [6.45, 7) is 9.01. The minimum atomic E-state index is 0. The standard InChI is InChI=1S/C66H70N4.C10H8N2.2CNS.Ru/c1-5-9-13-51-21-33-59(34-22-51)69(60-35-23-52(24-36-60)14-10-6-2)63-41-29-55(30-42-63)17-19-57-45-47-67-65(49-57)66-50-58(46-48-68-66)20-18-56-31-43-64(44-32-56)70(61-37-25-53(26-38-61)15-11-7-3)62-39-27-54(28-40-62)16-12-8-4;1-3-7-11-9(5-1)10-6-2-4-8-12-10;2*2-1-3;/h17-50H,5-16H2,1-4H3;1-8H;;;/q;;2*-1;+2/b19-17+,20-18+;;;;. The zero-order valence-corrected chi connectivity index (χ0v) is 54.9. The molecule has 0 N–H and O–H groups in total. The minimum Gasteiger partial charge on any atom is -0.753 e. The van der Waals surface area contributed by atoms with E-state index >= 15 is 0 Å². The number of anilines is 6. The summed E-state index contributed by atoms with van der Waals surface area (Å²) >= 11 is 7.40. The van der Waals surface area contributed by atoms with Crippen molar-refractivity contribution in [2.75, 3.05) is 9.80 Å². The van der Waals surface area contributed by atoms with Gasteiger partial charge in [-0.15, -0.1) is 0 Å². The summed E-state index contributed by atoms with van der Waals surface area (Å²) in [5, 5.41) is 16.9. The summed E-state index contributed by atoms with van der Waals surface area (Å²) in [4.78, 5) is 22.6. The molecule has 11 heteroatoms. The number of hydrogen-bond acceptors (Lipinski definition) is 8. The van der Waals surface area contributed by atoms with Crippen molar-refractivity contribution in [3.63, 3.8) is 0 Å². The predicted molar refractivity (Wildman–Crippen MR) is 381 cm³/mol. The molecule has 6 aromatic carbocycles. The van der Waals surface area contributed by atoms with E-state index in [1.807, 2.05) is 60.9 Å². The molecule has 0 radical (unpaired) electrons. The Morgan fingerprint density at radius 1 is 0.326 bits per heavy atom. The molecule has 0 aliphatic heterocycles. The van der Waals surface area contributed by atoms with E-state index < -0.39 is 0 Å². The number of pyridine rings is 4. The molecule has 0 saturated heterocycles. The molecule has 0 aliphatic carbocycles. The van der Waals surface area contributed by atoms with Crippen LogP contribution in [0.4, 0.5) is 34.1 Å². The first-order valence-electron chi connectivity index (χ1n) is 30.6. The number of aromatic nitrogens is 4. The maximum absolute atomic E-state index is 7.13. The van der Waals surface area contributed by atoms with Gasteiger partial charge < -0.3 is 20.6 Å². The SMILES string of the molecule is CCCCc1ccc(N(c2ccc(/C=C/c3ccnc(-c4cc(/C=C/c5ccc(N(c6ccc(CCCC)cc6)c6ccc(CCCC)cc6)cc5)ccn4)c3)cc2)c2ccc(CCCC)cc2)cc1.[N-]=C=S.[N-]=C=S.[Ru+2].c1ccc(-c2ccccn2)nc1. The van der Waals surface area contributed by atoms with Crippen LogP contribution in [0.3, 0.4) is 0 Å². The van der Waals surface area contributed by atoms with Crippen LogP contribution in [0.1, 0.15) is 124 Å². The van der Waals surface area contributed by atoms with Gasteiger partial charge in [0.15, 0.2) is 0 Å². The van der Waals surface area contributed by atoms with E-state index in [1.165, 1.54) is 83.9 Å². The third-order valence-electron chi connectivity index (χ3n) is 14.7. The van der Waals surface area contributed by atoms with Gasteiger partial charge in [0.25, 0.3) is 0 Å². The molecule has 10 aromatic rings. The van der Waals surface area contributed by atoms with Gasteiger partial charge in [-0.2, -0.15) is 10.3 Å². The van der Waals surface area contributed by atoms with Crippen LogP contribution in [0, 0.1) is 0 Å². The Balaban J connectivity index is 0.000000573. The first-order valence-corrected chi connectivity index (χ1v) is 31.4. The largest absolute Gasteiger partial charge is 2.00 e. The van der Waals surface area contributed by atoms with Crippen LogP contribution in [-0.2, 0) is 45.2 Å². The van der Waals surface area contributed by atoms with E-state index in [-0.39, 0.29) is 19.5 Å². The second kappa shape index (κ2) is 39.2. The molecular formula is C78H78N8RuS2. The van der Waals surface area contributed by atoms with Crippen molar-refractivity contribution < 1.29 is 19.5 Å². The summed E-state index contributed by atoms with van der Waals surface area (Å²) in [7, 11) is 0. The Kier molecular flexibility index (Phi) is 30.5. The Labute approximate surface area is 552 Å². The van der Waals surface area contributed by atoms with Gasteiger partial charge in [0.1, 0.15) is 0 Å². The molecule has 89 heavy (non-hydrogen) atoms. The number of nitrogens with zero attached hydrogens (tertiary/aromatic N) is 8. The average Bonchev–Trinajstić information content (AvgIpc) is 1.80. The molecule has 0 unspecified atom stereocenters. The number of benzene rings is 6. The van der Waals surface area contributed by atoms with Crippen LogP contribution in [-0.4, -0.2) is 30.3 Å². The molecule has 4 heterocycles. The summed E-state index contributed by atoms with van der Waals surface area (Å²) in [5.41, 5.74) is 20.4. The number of thiocarbonyl (C=S) groups is 2. The fourth-order valence-electron chi connectivity index (χ4n) is 9.93. The van der Waals surface area contributed by atoms with Crippen molar-refractivity contribution in [3.05, 3.63) is 286 Å². The Hall–Kier alpha value is -8.78. The Bertz CT molecular complexity index is 3400. The number of hydrogen-bond donors (Lipinski definition) is 0. The Morgan fingerprint density at radius 2 is 0.573 bits per heavy atom. The molecule has 10 rings (SSSR count). The maximum atomic E-state index is 7.13. The molecule has 450 valence electrons. The number of rotatable bonds is 24. The van der Waals surface area contributed by atoms with E-state index in [0.717, 1.165) is 105 Å². The number of unbranched alkanes of at least 4 members (excludes halogenated alkanes) is 4. The van der Waals surface area contributed by atoms with Gasteiger partial charge in [0.2, 0.25) is 0 Å². The van der Waals surface area contributed by atoms with E-state index in [2.05, 4.69) is 254 Å². The van der Waals surface area contributed by atoms with Gasteiger partial charge in [-0.05, 0) is 217 Å². The van der Waals surface area contributed by atoms with Crippen molar-refractivity contribution in [1.29, 1.82) is 0 Å². The monoisotopic (exact) mass is 1290 g/mol. The fourth-order valence-corrected chi connectivity index (χ4v) is 9.93. The van der Waals surface area contributed by atoms with Crippen LogP contribution in [0.2, 0.25) is 0 Å². The fraction of sp³-hybridized carbons (Fsp3) is 0.205. The van der Waals surface area contributed by atoms with Crippen molar-refractivity contribution in [2.24, 2.45) is 0 Å². The average molecular weight is 1290 g/mol. The topological polar surface area (TPSA) is 103 Å². The second-order valence-electron chi connectivity index (χ2n) is 21.2. The normalized spacial score (nSPS) is 10.5. The molecule has 0 aliphatic rings. The zero-order chi connectivity index (χ0) is 62.0. The van der Waals surface area contributed by atoms with Crippen LogP contribution >= 0.6 is 24.4 Å². The minimum absolute atomic E-state index is 0. The van der Waals surface area contributed by atoms with Crippen LogP contribution in [0.5, 0.6) is 0 Å². The molecule has 0 bridgehead atoms. The van der Waals surface area contributed by atoms with Gasteiger partial charge in [-0.3, -0.25) is 19.9 Å². The van der Waals surface area contributed by atoms with Gasteiger partial charge >= 0.3 is 19.5 Å². The summed E-state index contributed by atoms with van der Waals surface area (Å²) in [6, 6.07) is 74.0. The van der Waals surface area contributed by atoms with Crippen LogP contribution in [0.15, 0.2) is 231 Å². The van der Waals surface area contributed by atoms with Crippen molar-refractivity contribution >= 4 is 93.2 Å². The smallest absolute Gasteiger partial charge is 0.753 e. The maximum Gasteiger partial charge on any atom is 2.00 e. The first-order chi connectivity index (χ1) is 43.3.